The van der Waals surface area contributed by atoms with Gasteiger partial charge in [0.25, 0.3) is 5.91 Å². The molecule has 1 unspecified atom stereocenters. The van der Waals surface area contributed by atoms with Crippen molar-refractivity contribution >= 4 is 5.91 Å². The second kappa shape index (κ2) is 8.45. The maximum Gasteiger partial charge on any atom is 0.252 e. The SMILES string of the molecule is CC(C)COCC(O)CNC(=O)c1ccc(-n2cccc2)nc1. The average molecular weight is 317 g/mol. The van der Waals surface area contributed by atoms with Crippen molar-refractivity contribution in [2.45, 2.75) is 20.0 Å². The molecule has 6 nitrogen and oxygen atoms in total. The number of carbonyl (C=O) groups excluding carboxylic acids is 1. The predicted molar refractivity (Wildman–Crippen MR) is 87.6 cm³/mol. The summed E-state index contributed by atoms with van der Waals surface area (Å²) in [5.41, 5.74) is 0.455. The molecule has 1 amide bonds. The van der Waals surface area contributed by atoms with Crippen molar-refractivity contribution in [3.8, 4) is 5.82 Å². The lowest BCUT2D eigenvalue weighted by Gasteiger charge is -2.13. The van der Waals surface area contributed by atoms with E-state index >= 15 is 0 Å². The fourth-order valence-electron chi connectivity index (χ4n) is 1.97. The molecule has 0 spiro atoms. The Kier molecular flexibility index (Phi) is 6.31. The maximum atomic E-state index is 12.0. The Morgan fingerprint density at radius 3 is 2.65 bits per heavy atom. The summed E-state index contributed by atoms with van der Waals surface area (Å²) >= 11 is 0. The number of aliphatic hydroxyl groups is 1. The van der Waals surface area contributed by atoms with Gasteiger partial charge in [0.05, 0.1) is 18.3 Å². The van der Waals surface area contributed by atoms with E-state index in [4.69, 9.17) is 4.74 Å². The zero-order chi connectivity index (χ0) is 16.7. The first kappa shape index (κ1) is 17.2. The zero-order valence-corrected chi connectivity index (χ0v) is 13.5. The highest BCUT2D eigenvalue weighted by Crippen LogP contribution is 2.06. The smallest absolute Gasteiger partial charge is 0.252 e. The molecule has 124 valence electrons. The minimum absolute atomic E-state index is 0.149. The normalized spacial score (nSPS) is 12.3. The fourth-order valence-corrected chi connectivity index (χ4v) is 1.97. The highest BCUT2D eigenvalue weighted by atomic mass is 16.5. The van der Waals surface area contributed by atoms with E-state index in [1.54, 1.807) is 12.1 Å². The number of pyridine rings is 1. The quantitative estimate of drug-likeness (QED) is 0.776. The monoisotopic (exact) mass is 317 g/mol. The summed E-state index contributed by atoms with van der Waals surface area (Å²) in [7, 11) is 0. The van der Waals surface area contributed by atoms with Gasteiger partial charge < -0.3 is 19.7 Å². The zero-order valence-electron chi connectivity index (χ0n) is 13.5. The summed E-state index contributed by atoms with van der Waals surface area (Å²) in [6, 6.07) is 7.30. The predicted octanol–water partition coefficient (Wildman–Crippen LogP) is 1.64. The Morgan fingerprint density at radius 1 is 1.30 bits per heavy atom. The van der Waals surface area contributed by atoms with Gasteiger partial charge in [-0.1, -0.05) is 13.8 Å². The first-order chi connectivity index (χ1) is 11.1. The molecule has 6 heteroatoms. The number of nitrogens with one attached hydrogen (secondary N) is 1. The molecule has 0 radical (unpaired) electrons. The molecule has 0 aliphatic heterocycles. The molecule has 2 rings (SSSR count). The van der Waals surface area contributed by atoms with Crippen LogP contribution in [0.3, 0.4) is 0 Å². The van der Waals surface area contributed by atoms with Gasteiger partial charge in [0.1, 0.15) is 5.82 Å². The standard InChI is InChI=1S/C17H23N3O3/c1-13(2)11-23-12-15(21)10-19-17(22)14-5-6-16(18-9-14)20-7-3-4-8-20/h3-9,13,15,21H,10-12H2,1-2H3,(H,19,22). The van der Waals surface area contributed by atoms with Crippen molar-refractivity contribution in [3.05, 3.63) is 48.4 Å². The van der Waals surface area contributed by atoms with Crippen molar-refractivity contribution in [3.63, 3.8) is 0 Å². The summed E-state index contributed by atoms with van der Waals surface area (Å²) in [6.45, 7) is 5.03. The third-order valence-electron chi connectivity index (χ3n) is 3.14. The van der Waals surface area contributed by atoms with E-state index in [2.05, 4.69) is 10.3 Å². The molecule has 2 N–H and O–H groups in total. The van der Waals surface area contributed by atoms with E-state index in [1.807, 2.05) is 42.9 Å². The van der Waals surface area contributed by atoms with Crippen molar-refractivity contribution in [1.29, 1.82) is 0 Å². The van der Waals surface area contributed by atoms with Gasteiger partial charge in [0.2, 0.25) is 0 Å². The number of ether oxygens (including phenoxy) is 1. The lowest BCUT2D eigenvalue weighted by atomic mass is 10.2. The van der Waals surface area contributed by atoms with Gasteiger partial charge >= 0.3 is 0 Å². The minimum Gasteiger partial charge on any atom is -0.389 e. The number of rotatable bonds is 8. The van der Waals surface area contributed by atoms with E-state index in [1.165, 1.54) is 6.20 Å². The molecule has 0 bridgehead atoms. The Bertz CT molecular complexity index is 594. The van der Waals surface area contributed by atoms with Crippen LogP contribution in [0.15, 0.2) is 42.9 Å². The van der Waals surface area contributed by atoms with Crippen LogP contribution in [0, 0.1) is 5.92 Å². The van der Waals surface area contributed by atoms with Gasteiger partial charge in [0, 0.05) is 31.7 Å². The van der Waals surface area contributed by atoms with Gasteiger partial charge in [-0.2, -0.15) is 0 Å². The van der Waals surface area contributed by atoms with Gasteiger partial charge in [-0.05, 0) is 30.2 Å². The van der Waals surface area contributed by atoms with Crippen LogP contribution in [-0.4, -0.2) is 46.4 Å². The molecule has 1 atom stereocenters. The third kappa shape index (κ3) is 5.50. The van der Waals surface area contributed by atoms with Crippen LogP contribution in [0.5, 0.6) is 0 Å². The summed E-state index contributed by atoms with van der Waals surface area (Å²) in [5.74, 6) is 0.898. The van der Waals surface area contributed by atoms with Gasteiger partial charge in [0.15, 0.2) is 0 Å². The van der Waals surface area contributed by atoms with Crippen molar-refractivity contribution in [1.82, 2.24) is 14.9 Å². The first-order valence-corrected chi connectivity index (χ1v) is 7.69. The largest absolute Gasteiger partial charge is 0.389 e. The van der Waals surface area contributed by atoms with Crippen LogP contribution >= 0.6 is 0 Å². The summed E-state index contributed by atoms with van der Waals surface area (Å²) in [5, 5.41) is 12.4. The van der Waals surface area contributed by atoms with Gasteiger partial charge in [-0.15, -0.1) is 0 Å². The van der Waals surface area contributed by atoms with Crippen LogP contribution in [0.25, 0.3) is 5.82 Å². The second-order valence-corrected chi connectivity index (χ2v) is 5.79. The van der Waals surface area contributed by atoms with Gasteiger partial charge in [-0.3, -0.25) is 4.79 Å². The highest BCUT2D eigenvalue weighted by molar-refractivity contribution is 5.93. The van der Waals surface area contributed by atoms with Gasteiger partial charge in [-0.25, -0.2) is 4.98 Å². The molecule has 2 heterocycles. The Labute approximate surface area is 136 Å². The summed E-state index contributed by atoms with van der Waals surface area (Å²) < 4.78 is 7.19. The van der Waals surface area contributed by atoms with Crippen molar-refractivity contribution in [2.24, 2.45) is 5.92 Å². The molecule has 2 aromatic heterocycles. The Hall–Kier alpha value is -2.18. The van der Waals surface area contributed by atoms with E-state index in [-0.39, 0.29) is 19.1 Å². The molecular weight excluding hydrogens is 294 g/mol. The van der Waals surface area contributed by atoms with E-state index in [0.717, 1.165) is 5.82 Å². The number of hydrogen-bond donors (Lipinski definition) is 2. The van der Waals surface area contributed by atoms with Crippen molar-refractivity contribution in [2.75, 3.05) is 19.8 Å². The third-order valence-corrected chi connectivity index (χ3v) is 3.14. The number of nitrogens with zero attached hydrogens (tertiary/aromatic N) is 2. The average Bonchev–Trinajstić information content (AvgIpc) is 3.07. The Morgan fingerprint density at radius 2 is 2.04 bits per heavy atom. The number of amides is 1. The van der Waals surface area contributed by atoms with Crippen molar-refractivity contribution < 1.29 is 14.6 Å². The molecule has 0 fully saturated rings. The molecule has 0 aliphatic carbocycles. The van der Waals surface area contributed by atoms with Crippen LogP contribution < -0.4 is 5.32 Å². The molecule has 0 aromatic carbocycles. The fraction of sp³-hybridized carbons (Fsp3) is 0.412. The van der Waals surface area contributed by atoms with Crippen LogP contribution in [0.1, 0.15) is 24.2 Å². The lowest BCUT2D eigenvalue weighted by Crippen LogP contribution is -2.34. The highest BCUT2D eigenvalue weighted by Gasteiger charge is 2.10. The number of hydrogen-bond acceptors (Lipinski definition) is 4. The Balaban J connectivity index is 1.79. The second-order valence-electron chi connectivity index (χ2n) is 5.79. The van der Waals surface area contributed by atoms with E-state index < -0.39 is 6.10 Å². The van der Waals surface area contributed by atoms with Crippen LogP contribution in [-0.2, 0) is 4.74 Å². The number of aromatic nitrogens is 2. The van der Waals surface area contributed by atoms with Crippen LogP contribution in [0.2, 0.25) is 0 Å². The molecular formula is C17H23N3O3. The summed E-state index contributed by atoms with van der Waals surface area (Å²) in [6.07, 6.45) is 4.57. The first-order valence-electron chi connectivity index (χ1n) is 7.69. The number of aliphatic hydroxyl groups excluding tert-OH is 1. The van der Waals surface area contributed by atoms with Crippen LogP contribution in [0.4, 0.5) is 0 Å². The van der Waals surface area contributed by atoms with E-state index in [0.29, 0.717) is 18.1 Å². The molecule has 0 aliphatic rings. The van der Waals surface area contributed by atoms with E-state index in [9.17, 15) is 9.90 Å². The molecule has 2 aromatic rings. The molecule has 23 heavy (non-hydrogen) atoms. The summed E-state index contributed by atoms with van der Waals surface area (Å²) in [4.78, 5) is 16.3. The number of carbonyl (C=O) groups is 1. The maximum absolute atomic E-state index is 12.0. The topological polar surface area (TPSA) is 76.4 Å². The lowest BCUT2D eigenvalue weighted by molar-refractivity contribution is 0.0259. The molecule has 0 saturated carbocycles. The molecule has 0 saturated heterocycles. The minimum atomic E-state index is -0.718.